The molecule has 0 heterocycles. The number of rotatable bonds is 14. The lowest BCUT2D eigenvalue weighted by Crippen LogP contribution is -2.53. The Morgan fingerprint density at radius 3 is 2.02 bits per heavy atom. The van der Waals surface area contributed by atoms with E-state index in [0.29, 0.717) is 13.0 Å². The van der Waals surface area contributed by atoms with E-state index >= 15 is 0 Å². The lowest BCUT2D eigenvalue weighted by atomic mass is 10.0. The molecule has 0 aliphatic rings. The minimum absolute atomic E-state index is 0.0326. The van der Waals surface area contributed by atoms with Crippen molar-refractivity contribution >= 4 is 33.2 Å². The van der Waals surface area contributed by atoms with Gasteiger partial charge in [0.15, 0.2) is 0 Å². The number of sulfonamides is 1. The highest BCUT2D eigenvalue weighted by Crippen LogP contribution is 2.28. The zero-order chi connectivity index (χ0) is 31.5. The zero-order valence-corrected chi connectivity index (χ0v) is 25.1. The Morgan fingerprint density at radius 1 is 0.841 bits per heavy atom. The molecule has 4 aromatic rings. The van der Waals surface area contributed by atoms with Gasteiger partial charge in [0.25, 0.3) is 15.7 Å². The van der Waals surface area contributed by atoms with Crippen LogP contribution in [-0.4, -0.2) is 49.2 Å². The van der Waals surface area contributed by atoms with Crippen molar-refractivity contribution in [1.82, 2.24) is 10.2 Å². The first kappa shape index (κ1) is 31.9. The number of carbonyl (C=O) groups excluding carboxylic acids is 2. The molecule has 0 fully saturated rings. The van der Waals surface area contributed by atoms with E-state index in [-0.39, 0.29) is 35.1 Å². The molecule has 1 atom stereocenters. The Balaban J connectivity index is 1.80. The third-order valence-corrected chi connectivity index (χ3v) is 8.74. The summed E-state index contributed by atoms with van der Waals surface area (Å²) in [5.41, 5.74) is 1.19. The number of non-ortho nitro benzene ring substituents is 1. The highest BCUT2D eigenvalue weighted by Gasteiger charge is 2.35. The first-order valence-electron chi connectivity index (χ1n) is 14.2. The molecule has 0 aliphatic carbocycles. The maximum atomic E-state index is 14.3. The molecule has 0 bridgehead atoms. The first-order chi connectivity index (χ1) is 21.2. The molecule has 4 rings (SSSR count). The molecular formula is C33H34N4O6S. The van der Waals surface area contributed by atoms with E-state index in [1.165, 1.54) is 35.2 Å². The van der Waals surface area contributed by atoms with Crippen molar-refractivity contribution < 1.29 is 22.9 Å². The molecule has 1 N–H and O–H groups in total. The van der Waals surface area contributed by atoms with Gasteiger partial charge < -0.3 is 10.2 Å². The van der Waals surface area contributed by atoms with Gasteiger partial charge in [-0.2, -0.15) is 0 Å². The van der Waals surface area contributed by atoms with Gasteiger partial charge in [-0.25, -0.2) is 8.42 Å². The Bertz CT molecular complexity index is 1670. The fraction of sp³-hybridized carbons (Fsp3) is 0.212. The van der Waals surface area contributed by atoms with Crippen LogP contribution >= 0.6 is 0 Å². The summed E-state index contributed by atoms with van der Waals surface area (Å²) in [5, 5.41) is 14.5. The summed E-state index contributed by atoms with van der Waals surface area (Å²) in [7, 11) is -4.35. The molecule has 2 amide bonds. The largest absolute Gasteiger partial charge is 0.354 e. The fourth-order valence-electron chi connectivity index (χ4n) is 4.71. The number of carbonyl (C=O) groups is 2. The number of nitro groups is 1. The number of amides is 2. The molecule has 0 spiro atoms. The van der Waals surface area contributed by atoms with Crippen molar-refractivity contribution in [3.63, 3.8) is 0 Å². The van der Waals surface area contributed by atoms with Crippen molar-refractivity contribution in [2.75, 3.05) is 17.4 Å². The van der Waals surface area contributed by atoms with Gasteiger partial charge in [0, 0.05) is 31.6 Å². The van der Waals surface area contributed by atoms with Crippen LogP contribution < -0.4 is 9.62 Å². The standard InChI is InChI=1S/C33H34N4O6S/c1-2-21-34-33(39)31(22-26-13-6-3-7-14-26)35(24-27-15-8-4-9-16-27)32(38)25-36(28-17-12-18-29(23-28)37(40)41)44(42,43)30-19-10-5-11-20-30/h3-20,23,31H,2,21-22,24-25H2,1H3,(H,34,39)/t31-/m0/s1. The average Bonchev–Trinajstić information content (AvgIpc) is 3.05. The molecule has 10 nitrogen and oxygen atoms in total. The van der Waals surface area contributed by atoms with Crippen molar-refractivity contribution in [2.45, 2.75) is 37.2 Å². The summed E-state index contributed by atoms with van der Waals surface area (Å²) in [5.74, 6) is -1.01. The van der Waals surface area contributed by atoms with Crippen molar-refractivity contribution in [1.29, 1.82) is 0 Å². The number of nitrogens with zero attached hydrogens (tertiary/aromatic N) is 3. The molecule has 0 unspecified atom stereocenters. The third kappa shape index (κ3) is 8.07. The lowest BCUT2D eigenvalue weighted by molar-refractivity contribution is -0.384. The number of nitro benzene ring substituents is 1. The van der Waals surface area contributed by atoms with E-state index in [4.69, 9.17) is 0 Å². The fourth-order valence-corrected chi connectivity index (χ4v) is 6.14. The number of hydrogen-bond donors (Lipinski definition) is 1. The SMILES string of the molecule is CCCNC(=O)[C@H](Cc1ccccc1)N(Cc1ccccc1)C(=O)CN(c1cccc([N+](=O)[O-])c1)S(=O)(=O)c1ccccc1. The van der Waals surface area contributed by atoms with Crippen LogP contribution in [0.3, 0.4) is 0 Å². The Hall–Kier alpha value is -5.03. The van der Waals surface area contributed by atoms with Gasteiger partial charge >= 0.3 is 0 Å². The van der Waals surface area contributed by atoms with Crippen LogP contribution in [0.25, 0.3) is 0 Å². The normalized spacial score (nSPS) is 11.8. The molecule has 0 radical (unpaired) electrons. The highest BCUT2D eigenvalue weighted by atomic mass is 32.2. The molecule has 0 saturated heterocycles. The van der Waals surface area contributed by atoms with Crippen molar-refractivity contribution in [3.05, 3.63) is 137 Å². The second-order valence-electron chi connectivity index (χ2n) is 10.1. The first-order valence-corrected chi connectivity index (χ1v) is 15.6. The zero-order valence-electron chi connectivity index (χ0n) is 24.3. The van der Waals surface area contributed by atoms with E-state index in [9.17, 15) is 28.1 Å². The van der Waals surface area contributed by atoms with Crippen molar-refractivity contribution in [3.8, 4) is 0 Å². The number of benzene rings is 4. The summed E-state index contributed by atoms with van der Waals surface area (Å²) < 4.78 is 28.8. The van der Waals surface area contributed by atoms with E-state index in [2.05, 4.69) is 5.32 Å². The maximum Gasteiger partial charge on any atom is 0.271 e. The summed E-state index contributed by atoms with van der Waals surface area (Å²) in [6.07, 6.45) is 0.878. The smallest absolute Gasteiger partial charge is 0.271 e. The molecule has 0 saturated carbocycles. The van der Waals surface area contributed by atoms with Crippen LogP contribution in [0.2, 0.25) is 0 Å². The molecule has 44 heavy (non-hydrogen) atoms. The maximum absolute atomic E-state index is 14.3. The minimum Gasteiger partial charge on any atom is -0.354 e. The van der Waals surface area contributed by atoms with Gasteiger partial charge in [-0.1, -0.05) is 91.9 Å². The number of hydrogen-bond acceptors (Lipinski definition) is 6. The van der Waals surface area contributed by atoms with E-state index in [1.54, 1.807) is 18.2 Å². The lowest BCUT2D eigenvalue weighted by Gasteiger charge is -2.33. The summed E-state index contributed by atoms with van der Waals surface area (Å²) in [6.45, 7) is 1.66. The average molecular weight is 615 g/mol. The van der Waals surface area contributed by atoms with Crippen LogP contribution in [0.4, 0.5) is 11.4 Å². The molecule has 0 aromatic heterocycles. The van der Waals surface area contributed by atoms with E-state index < -0.39 is 33.4 Å². The van der Waals surface area contributed by atoms with Gasteiger partial charge in [0.2, 0.25) is 11.8 Å². The molecule has 228 valence electrons. The van der Waals surface area contributed by atoms with Crippen LogP contribution in [-0.2, 0) is 32.6 Å². The van der Waals surface area contributed by atoms with Gasteiger partial charge in [0.05, 0.1) is 15.5 Å². The van der Waals surface area contributed by atoms with E-state index in [1.807, 2.05) is 67.6 Å². The minimum atomic E-state index is -4.35. The predicted molar refractivity (Wildman–Crippen MR) is 168 cm³/mol. The number of nitrogens with one attached hydrogen (secondary N) is 1. The summed E-state index contributed by atoms with van der Waals surface area (Å²) in [4.78, 5) is 40.2. The van der Waals surface area contributed by atoms with Crippen molar-refractivity contribution in [2.24, 2.45) is 0 Å². The monoisotopic (exact) mass is 614 g/mol. The Morgan fingerprint density at radius 2 is 1.43 bits per heavy atom. The van der Waals surface area contributed by atoms with Gasteiger partial charge in [0.1, 0.15) is 12.6 Å². The van der Waals surface area contributed by atoms with Crippen LogP contribution in [0.1, 0.15) is 24.5 Å². The van der Waals surface area contributed by atoms with Crippen LogP contribution in [0, 0.1) is 10.1 Å². The van der Waals surface area contributed by atoms with Gasteiger partial charge in [-0.3, -0.25) is 24.0 Å². The second kappa shape index (κ2) is 14.9. The molecular weight excluding hydrogens is 580 g/mol. The number of anilines is 1. The summed E-state index contributed by atoms with van der Waals surface area (Å²) in [6, 6.07) is 30.1. The summed E-state index contributed by atoms with van der Waals surface area (Å²) >= 11 is 0. The van der Waals surface area contributed by atoms with Crippen LogP contribution in [0.5, 0.6) is 0 Å². The van der Waals surface area contributed by atoms with Gasteiger partial charge in [-0.15, -0.1) is 0 Å². The second-order valence-corrected chi connectivity index (χ2v) is 12.0. The topological polar surface area (TPSA) is 130 Å². The van der Waals surface area contributed by atoms with Gasteiger partial charge in [-0.05, 0) is 35.7 Å². The Labute approximate surface area is 257 Å². The third-order valence-electron chi connectivity index (χ3n) is 6.95. The van der Waals surface area contributed by atoms with Crippen LogP contribution in [0.15, 0.2) is 120 Å². The quantitative estimate of drug-likeness (QED) is 0.158. The molecule has 11 heteroatoms. The predicted octanol–water partition coefficient (Wildman–Crippen LogP) is 4.96. The van der Waals surface area contributed by atoms with E-state index in [0.717, 1.165) is 21.5 Å². The highest BCUT2D eigenvalue weighted by molar-refractivity contribution is 7.92. The molecule has 4 aromatic carbocycles. The molecule has 0 aliphatic heterocycles. The Kier molecular flexibility index (Phi) is 10.8.